The summed E-state index contributed by atoms with van der Waals surface area (Å²) >= 11 is 0. The number of carbonyl (C=O) groups excluding carboxylic acids is 1. The first kappa shape index (κ1) is 8.54. The lowest BCUT2D eigenvalue weighted by Gasteiger charge is -2.22. The van der Waals surface area contributed by atoms with Gasteiger partial charge in [0.25, 0.3) is 0 Å². The molecule has 2 rings (SSSR count). The first-order valence-electron chi connectivity index (χ1n) is 4.74. The Kier molecular flexibility index (Phi) is 1.98. The summed E-state index contributed by atoms with van der Waals surface area (Å²) in [6.07, 6.45) is 4.17. The first-order valence-corrected chi connectivity index (χ1v) is 4.74. The highest BCUT2D eigenvalue weighted by molar-refractivity contribution is 5.76. The van der Waals surface area contributed by atoms with Crippen LogP contribution in [0.4, 0.5) is 0 Å². The largest absolute Gasteiger partial charge is 0.460 e. The van der Waals surface area contributed by atoms with Crippen LogP contribution in [-0.2, 0) is 9.53 Å². The number of rotatable bonds is 0. The molecule has 1 heterocycles. The predicted molar refractivity (Wildman–Crippen MR) is 50.1 cm³/mol. The molecule has 0 spiro atoms. The zero-order chi connectivity index (χ0) is 9.42. The number of esters is 1. The number of hydrogen-bond acceptors (Lipinski definition) is 2. The van der Waals surface area contributed by atoms with E-state index >= 15 is 0 Å². The Balaban J connectivity index is 2.34. The van der Waals surface area contributed by atoms with Crippen LogP contribution in [-0.4, -0.2) is 12.6 Å². The van der Waals surface area contributed by atoms with Crippen molar-refractivity contribution < 1.29 is 9.53 Å². The van der Waals surface area contributed by atoms with Gasteiger partial charge in [-0.2, -0.15) is 0 Å². The van der Waals surface area contributed by atoms with Crippen molar-refractivity contribution in [2.75, 3.05) is 6.61 Å². The molecular formula is C11H14O2. The molecule has 1 aliphatic carbocycles. The fourth-order valence-electron chi connectivity index (χ4n) is 1.97. The van der Waals surface area contributed by atoms with E-state index in [2.05, 4.69) is 13.5 Å². The molecule has 70 valence electrons. The van der Waals surface area contributed by atoms with Gasteiger partial charge in [0, 0.05) is 0 Å². The van der Waals surface area contributed by atoms with Gasteiger partial charge in [-0.3, -0.25) is 4.79 Å². The summed E-state index contributed by atoms with van der Waals surface area (Å²) in [6.45, 7) is 6.40. The Morgan fingerprint density at radius 3 is 3.15 bits per heavy atom. The van der Waals surface area contributed by atoms with E-state index in [4.69, 9.17) is 4.74 Å². The third-order valence-corrected chi connectivity index (χ3v) is 2.98. The summed E-state index contributed by atoms with van der Waals surface area (Å²) in [5.41, 5.74) is 2.21. The van der Waals surface area contributed by atoms with Crippen LogP contribution in [0, 0.1) is 11.8 Å². The number of fused-ring (bicyclic) bond motifs is 1. The molecule has 0 aromatic carbocycles. The molecule has 2 bridgehead atoms. The van der Waals surface area contributed by atoms with E-state index < -0.39 is 0 Å². The number of hydrogen-bond donors (Lipinski definition) is 0. The Morgan fingerprint density at radius 2 is 2.38 bits per heavy atom. The highest BCUT2D eigenvalue weighted by Gasteiger charge is 2.31. The summed E-state index contributed by atoms with van der Waals surface area (Å²) in [5, 5.41) is 0. The van der Waals surface area contributed by atoms with Crippen molar-refractivity contribution in [2.24, 2.45) is 11.8 Å². The van der Waals surface area contributed by atoms with Gasteiger partial charge in [0.1, 0.15) is 6.61 Å². The van der Waals surface area contributed by atoms with Crippen molar-refractivity contribution in [3.05, 3.63) is 23.8 Å². The quantitative estimate of drug-likeness (QED) is 0.531. The fraction of sp³-hybridized carbons (Fsp3) is 0.545. The second kappa shape index (κ2) is 3.02. The Hall–Kier alpha value is -1.05. The van der Waals surface area contributed by atoms with Gasteiger partial charge in [0.15, 0.2) is 0 Å². The average molecular weight is 178 g/mol. The van der Waals surface area contributed by atoms with E-state index in [0.717, 1.165) is 18.4 Å². The van der Waals surface area contributed by atoms with Crippen LogP contribution in [0.5, 0.6) is 0 Å². The lowest BCUT2D eigenvalue weighted by atomic mass is 9.81. The van der Waals surface area contributed by atoms with Crippen LogP contribution >= 0.6 is 0 Å². The lowest BCUT2D eigenvalue weighted by molar-refractivity contribution is -0.146. The topological polar surface area (TPSA) is 26.3 Å². The molecule has 0 aromatic rings. The van der Waals surface area contributed by atoms with Crippen molar-refractivity contribution in [3.63, 3.8) is 0 Å². The smallest absolute Gasteiger partial charge is 0.313 e. The van der Waals surface area contributed by atoms with Crippen molar-refractivity contribution >= 4 is 5.97 Å². The molecule has 2 unspecified atom stereocenters. The van der Waals surface area contributed by atoms with Crippen molar-refractivity contribution in [3.8, 4) is 0 Å². The van der Waals surface area contributed by atoms with E-state index in [1.54, 1.807) is 0 Å². The van der Waals surface area contributed by atoms with Gasteiger partial charge in [0.05, 0.1) is 5.92 Å². The minimum Gasteiger partial charge on any atom is -0.460 e. The molecule has 2 atom stereocenters. The van der Waals surface area contributed by atoms with Crippen LogP contribution in [0.2, 0.25) is 0 Å². The molecule has 0 saturated carbocycles. The minimum absolute atomic E-state index is 0.0250. The number of carbonyl (C=O) groups is 1. The van der Waals surface area contributed by atoms with Crippen LogP contribution in [0.15, 0.2) is 23.8 Å². The standard InChI is InChI=1S/C11H14O2/c1-7-3-4-9-5-10(7)11(12)13-6-8(9)2/h5,7,10H,2-4,6H2,1H3. The number of ether oxygens (including phenoxy) is 1. The molecular weight excluding hydrogens is 164 g/mol. The molecule has 2 aliphatic rings. The van der Waals surface area contributed by atoms with Gasteiger partial charge in [-0.25, -0.2) is 0 Å². The molecule has 1 aliphatic heterocycles. The van der Waals surface area contributed by atoms with Gasteiger partial charge in [-0.1, -0.05) is 19.6 Å². The van der Waals surface area contributed by atoms with Crippen molar-refractivity contribution in [1.29, 1.82) is 0 Å². The maximum absolute atomic E-state index is 11.5. The second-order valence-electron chi connectivity index (χ2n) is 3.94. The van der Waals surface area contributed by atoms with E-state index in [9.17, 15) is 4.79 Å². The summed E-state index contributed by atoms with van der Waals surface area (Å²) in [7, 11) is 0. The third kappa shape index (κ3) is 1.41. The van der Waals surface area contributed by atoms with Gasteiger partial charge in [-0.15, -0.1) is 0 Å². The molecule has 0 fully saturated rings. The Morgan fingerprint density at radius 1 is 1.62 bits per heavy atom. The zero-order valence-electron chi connectivity index (χ0n) is 7.88. The molecule has 0 radical (unpaired) electrons. The highest BCUT2D eigenvalue weighted by Crippen LogP contribution is 2.34. The third-order valence-electron chi connectivity index (χ3n) is 2.98. The van der Waals surface area contributed by atoms with Crippen molar-refractivity contribution in [2.45, 2.75) is 19.8 Å². The molecule has 0 amide bonds. The summed E-state index contributed by atoms with van der Waals surface area (Å²) in [4.78, 5) is 11.5. The fourth-order valence-corrected chi connectivity index (χ4v) is 1.97. The molecule has 13 heavy (non-hydrogen) atoms. The predicted octanol–water partition coefficient (Wildman–Crippen LogP) is 2.07. The van der Waals surface area contributed by atoms with E-state index in [1.807, 2.05) is 6.08 Å². The van der Waals surface area contributed by atoms with Crippen LogP contribution in [0.25, 0.3) is 0 Å². The lowest BCUT2D eigenvalue weighted by Crippen LogP contribution is -2.23. The van der Waals surface area contributed by atoms with E-state index in [0.29, 0.717) is 12.5 Å². The van der Waals surface area contributed by atoms with Gasteiger partial charge in [-0.05, 0) is 29.9 Å². The van der Waals surface area contributed by atoms with Gasteiger partial charge < -0.3 is 4.74 Å². The maximum Gasteiger partial charge on any atom is 0.313 e. The number of cyclic esters (lactones) is 1. The van der Waals surface area contributed by atoms with Crippen molar-refractivity contribution in [1.82, 2.24) is 0 Å². The molecule has 0 aromatic heterocycles. The van der Waals surface area contributed by atoms with Gasteiger partial charge >= 0.3 is 5.97 Å². The SMILES string of the molecule is C=C1COC(=O)C2C=C1CCC2C. The second-order valence-corrected chi connectivity index (χ2v) is 3.94. The minimum atomic E-state index is -0.0802. The Bertz CT molecular complexity index is 288. The summed E-state index contributed by atoms with van der Waals surface area (Å²) < 4.78 is 5.11. The Labute approximate surface area is 78.3 Å². The van der Waals surface area contributed by atoms with Crippen LogP contribution < -0.4 is 0 Å². The molecule has 0 saturated heterocycles. The first-order chi connectivity index (χ1) is 6.18. The monoisotopic (exact) mass is 178 g/mol. The molecule has 0 N–H and O–H groups in total. The van der Waals surface area contributed by atoms with Gasteiger partial charge in [0.2, 0.25) is 0 Å². The molecule has 2 heteroatoms. The van der Waals surface area contributed by atoms with E-state index in [-0.39, 0.29) is 11.9 Å². The van der Waals surface area contributed by atoms with Crippen LogP contribution in [0.3, 0.4) is 0 Å². The van der Waals surface area contributed by atoms with Crippen LogP contribution in [0.1, 0.15) is 19.8 Å². The zero-order valence-corrected chi connectivity index (χ0v) is 7.88. The summed E-state index contributed by atoms with van der Waals surface area (Å²) in [5.74, 6) is 0.313. The van der Waals surface area contributed by atoms with E-state index in [1.165, 1.54) is 5.57 Å². The average Bonchev–Trinajstić information content (AvgIpc) is 2.24. The maximum atomic E-state index is 11.5. The normalized spacial score (nSPS) is 33.5. The highest BCUT2D eigenvalue weighted by atomic mass is 16.5. The summed E-state index contributed by atoms with van der Waals surface area (Å²) in [6, 6.07) is 0. The molecule has 2 nitrogen and oxygen atoms in total.